The van der Waals surface area contributed by atoms with E-state index < -0.39 is 0 Å². The Morgan fingerprint density at radius 2 is 1.72 bits per heavy atom. The lowest BCUT2D eigenvalue weighted by molar-refractivity contribution is -0.688. The quantitative estimate of drug-likeness (QED) is 0.515. The summed E-state index contributed by atoms with van der Waals surface area (Å²) < 4.78 is 6.66. The van der Waals surface area contributed by atoms with Crippen molar-refractivity contribution in [3.8, 4) is 0 Å². The maximum absolute atomic E-state index is 11.3. The molecule has 1 aromatic heterocycles. The number of benzene rings is 1. The summed E-state index contributed by atoms with van der Waals surface area (Å²) in [6.07, 6.45) is 3.75. The van der Waals surface area contributed by atoms with Crippen LogP contribution in [0.1, 0.15) is 15.9 Å². The molecule has 0 bridgehead atoms. The highest BCUT2D eigenvalue weighted by atomic mass is 35.5. The molecule has 0 aliphatic heterocycles. The molecule has 0 spiro atoms. The van der Waals surface area contributed by atoms with Crippen LogP contribution in [0.5, 0.6) is 0 Å². The molecular formula is C14H14ClNO2. The minimum Gasteiger partial charge on any atom is -1.00 e. The molecule has 18 heavy (non-hydrogen) atoms. The molecule has 0 amide bonds. The van der Waals surface area contributed by atoms with Gasteiger partial charge in [0.25, 0.3) is 0 Å². The Hall–Kier alpha value is -1.87. The summed E-state index contributed by atoms with van der Waals surface area (Å²) in [6, 6.07) is 13.7. The molecule has 2 rings (SSSR count). The van der Waals surface area contributed by atoms with Crippen molar-refractivity contribution in [3.63, 3.8) is 0 Å². The molecule has 2 aromatic rings. The number of methoxy groups -OCH3 is 1. The Bertz CT molecular complexity index is 497. The molecule has 4 heteroatoms. The molecule has 0 unspecified atom stereocenters. The van der Waals surface area contributed by atoms with Gasteiger partial charge >= 0.3 is 5.97 Å². The van der Waals surface area contributed by atoms with Crippen LogP contribution >= 0.6 is 0 Å². The van der Waals surface area contributed by atoms with Crippen molar-refractivity contribution in [2.75, 3.05) is 7.11 Å². The van der Waals surface area contributed by atoms with Gasteiger partial charge in [-0.3, -0.25) is 0 Å². The first-order valence-corrected chi connectivity index (χ1v) is 5.41. The monoisotopic (exact) mass is 263 g/mol. The molecule has 94 valence electrons. The van der Waals surface area contributed by atoms with Crippen molar-refractivity contribution >= 4 is 5.97 Å². The van der Waals surface area contributed by atoms with Gasteiger partial charge in [0, 0.05) is 17.7 Å². The lowest BCUT2D eigenvalue weighted by Crippen LogP contribution is -3.00. The third kappa shape index (κ3) is 3.57. The molecule has 0 saturated carbocycles. The van der Waals surface area contributed by atoms with Gasteiger partial charge in [-0.05, 0) is 0 Å². The molecule has 3 nitrogen and oxygen atoms in total. The fourth-order valence-corrected chi connectivity index (χ4v) is 1.61. The van der Waals surface area contributed by atoms with E-state index in [1.807, 2.05) is 35.2 Å². The first-order valence-electron chi connectivity index (χ1n) is 5.41. The van der Waals surface area contributed by atoms with E-state index in [4.69, 9.17) is 0 Å². The van der Waals surface area contributed by atoms with Gasteiger partial charge in [0.15, 0.2) is 18.9 Å². The average molecular weight is 264 g/mol. The highest BCUT2D eigenvalue weighted by molar-refractivity contribution is 5.88. The third-order valence-electron chi connectivity index (χ3n) is 2.52. The number of halogens is 1. The minimum absolute atomic E-state index is 0. The van der Waals surface area contributed by atoms with E-state index in [-0.39, 0.29) is 18.4 Å². The van der Waals surface area contributed by atoms with Crippen LogP contribution in [0.25, 0.3) is 0 Å². The summed E-state index contributed by atoms with van der Waals surface area (Å²) in [5, 5.41) is 0. The Balaban J connectivity index is 0.00000162. The largest absolute Gasteiger partial charge is 1.00 e. The lowest BCUT2D eigenvalue weighted by atomic mass is 10.2. The zero-order valence-electron chi connectivity index (χ0n) is 10.0. The van der Waals surface area contributed by atoms with Crippen LogP contribution in [0.15, 0.2) is 54.9 Å². The molecule has 0 aliphatic carbocycles. The number of aromatic nitrogens is 1. The Kier molecular flexibility index (Phi) is 5.33. The molecule has 1 heterocycles. The summed E-state index contributed by atoms with van der Waals surface area (Å²) in [5.74, 6) is -0.308. The first-order chi connectivity index (χ1) is 8.29. The van der Waals surface area contributed by atoms with Crippen LogP contribution in [0.2, 0.25) is 0 Å². The Morgan fingerprint density at radius 3 is 2.28 bits per heavy atom. The Labute approximate surface area is 112 Å². The highest BCUT2D eigenvalue weighted by Gasteiger charge is 2.08. The second kappa shape index (κ2) is 6.77. The average Bonchev–Trinajstić information content (AvgIpc) is 2.40. The summed E-state index contributed by atoms with van der Waals surface area (Å²) in [5.41, 5.74) is 1.79. The second-order valence-corrected chi connectivity index (χ2v) is 3.74. The SMILES string of the molecule is COC(=O)c1cc[n+](Cc2ccccc2)cc1.[Cl-]. The zero-order chi connectivity index (χ0) is 12.1. The molecule has 0 fully saturated rings. The van der Waals surface area contributed by atoms with E-state index in [0.29, 0.717) is 5.56 Å². The van der Waals surface area contributed by atoms with Crippen molar-refractivity contribution in [2.24, 2.45) is 0 Å². The Morgan fingerprint density at radius 1 is 1.11 bits per heavy atom. The van der Waals surface area contributed by atoms with Crippen molar-refractivity contribution < 1.29 is 26.5 Å². The molecule has 0 N–H and O–H groups in total. The molecule has 0 saturated heterocycles. The van der Waals surface area contributed by atoms with Crippen LogP contribution in [0.3, 0.4) is 0 Å². The van der Waals surface area contributed by atoms with E-state index in [9.17, 15) is 4.79 Å². The number of ether oxygens (including phenoxy) is 1. The molecular weight excluding hydrogens is 250 g/mol. The van der Waals surface area contributed by atoms with Crippen molar-refractivity contribution in [1.82, 2.24) is 0 Å². The standard InChI is InChI=1S/C14H14NO2.ClH/c1-17-14(16)13-7-9-15(10-8-13)11-12-5-3-2-4-6-12;/h2-10H,11H2,1H3;1H/q+1;/p-1. The number of hydrogen-bond donors (Lipinski definition) is 0. The highest BCUT2D eigenvalue weighted by Crippen LogP contribution is 2.00. The number of nitrogens with zero attached hydrogens (tertiary/aromatic N) is 1. The van der Waals surface area contributed by atoms with Gasteiger partial charge in [-0.25, -0.2) is 9.36 Å². The van der Waals surface area contributed by atoms with Gasteiger partial charge in [0.2, 0.25) is 0 Å². The van der Waals surface area contributed by atoms with Crippen molar-refractivity contribution in [2.45, 2.75) is 6.54 Å². The molecule has 0 atom stereocenters. The number of carbonyl (C=O) groups excluding carboxylic acids is 1. The third-order valence-corrected chi connectivity index (χ3v) is 2.52. The van der Waals surface area contributed by atoms with Crippen LogP contribution in [-0.2, 0) is 11.3 Å². The maximum atomic E-state index is 11.3. The van der Waals surface area contributed by atoms with Crippen molar-refractivity contribution in [3.05, 3.63) is 66.0 Å². The van der Waals surface area contributed by atoms with Crippen LogP contribution < -0.4 is 17.0 Å². The topological polar surface area (TPSA) is 30.2 Å². The van der Waals surface area contributed by atoms with Gasteiger partial charge in [-0.1, -0.05) is 30.3 Å². The van der Waals surface area contributed by atoms with Crippen LogP contribution in [0, 0.1) is 0 Å². The van der Waals surface area contributed by atoms with Gasteiger partial charge in [-0.2, -0.15) is 0 Å². The fraction of sp³-hybridized carbons (Fsp3) is 0.143. The van der Waals surface area contributed by atoms with Gasteiger partial charge in [0.05, 0.1) is 12.7 Å². The van der Waals surface area contributed by atoms with E-state index >= 15 is 0 Å². The number of hydrogen-bond acceptors (Lipinski definition) is 2. The van der Waals surface area contributed by atoms with Gasteiger partial charge in [0.1, 0.15) is 0 Å². The number of pyridine rings is 1. The van der Waals surface area contributed by atoms with E-state index in [0.717, 1.165) is 6.54 Å². The summed E-state index contributed by atoms with van der Waals surface area (Å²) in [6.45, 7) is 0.794. The maximum Gasteiger partial charge on any atom is 0.338 e. The van der Waals surface area contributed by atoms with E-state index in [2.05, 4.69) is 16.9 Å². The summed E-state index contributed by atoms with van der Waals surface area (Å²) >= 11 is 0. The van der Waals surface area contributed by atoms with E-state index in [1.54, 1.807) is 12.1 Å². The van der Waals surface area contributed by atoms with Crippen LogP contribution in [-0.4, -0.2) is 13.1 Å². The zero-order valence-corrected chi connectivity index (χ0v) is 10.8. The number of carbonyl (C=O) groups is 1. The smallest absolute Gasteiger partial charge is 0.338 e. The molecule has 0 radical (unpaired) electrons. The summed E-state index contributed by atoms with van der Waals surface area (Å²) in [7, 11) is 1.38. The predicted octanol–water partition coefficient (Wildman–Crippen LogP) is -1.19. The first kappa shape index (κ1) is 14.2. The number of rotatable bonds is 3. The van der Waals surface area contributed by atoms with Crippen LogP contribution in [0.4, 0.5) is 0 Å². The molecule has 0 aliphatic rings. The fourth-order valence-electron chi connectivity index (χ4n) is 1.61. The minimum atomic E-state index is -0.308. The molecule has 1 aromatic carbocycles. The summed E-state index contributed by atoms with van der Waals surface area (Å²) in [4.78, 5) is 11.3. The lowest BCUT2D eigenvalue weighted by Gasteiger charge is -1.99. The van der Waals surface area contributed by atoms with Gasteiger partial charge < -0.3 is 17.1 Å². The number of esters is 1. The predicted molar refractivity (Wildman–Crippen MR) is 63.5 cm³/mol. The second-order valence-electron chi connectivity index (χ2n) is 3.74. The van der Waals surface area contributed by atoms with Gasteiger partial charge in [-0.15, -0.1) is 0 Å². The van der Waals surface area contributed by atoms with E-state index in [1.165, 1.54) is 12.7 Å². The normalized spacial score (nSPS) is 9.39. The van der Waals surface area contributed by atoms with Crippen molar-refractivity contribution in [1.29, 1.82) is 0 Å².